The number of likely N-dealkylation sites (N-methyl/N-ethyl adjacent to an activating group) is 1. The lowest BCUT2D eigenvalue weighted by atomic mass is 9.87. The van der Waals surface area contributed by atoms with Gasteiger partial charge < -0.3 is 10.2 Å². The summed E-state index contributed by atoms with van der Waals surface area (Å²) < 4.78 is 26.4. The summed E-state index contributed by atoms with van der Waals surface area (Å²) >= 11 is 0. The molecule has 0 saturated carbocycles. The number of nitrogens with zero attached hydrogens (tertiary/aromatic N) is 2. The molecule has 0 spiro atoms. The number of aryl methyl sites for hydroxylation is 1. The molecule has 186 valence electrons. The van der Waals surface area contributed by atoms with Crippen molar-refractivity contribution in [3.63, 3.8) is 0 Å². The summed E-state index contributed by atoms with van der Waals surface area (Å²) in [4.78, 5) is 27.5. The largest absolute Gasteiger partial charge is 0.355 e. The summed E-state index contributed by atoms with van der Waals surface area (Å²) in [5, 5.41) is 2.75. The second kappa shape index (κ2) is 11.0. The second-order valence-electron chi connectivity index (χ2n) is 9.64. The van der Waals surface area contributed by atoms with E-state index in [1.54, 1.807) is 19.1 Å². The first-order chi connectivity index (χ1) is 15.7. The average molecular weight is 488 g/mol. The quantitative estimate of drug-likeness (QED) is 0.585. The van der Waals surface area contributed by atoms with Crippen molar-refractivity contribution in [2.75, 3.05) is 23.7 Å². The molecule has 1 N–H and O–H groups in total. The van der Waals surface area contributed by atoms with Crippen molar-refractivity contribution < 1.29 is 18.0 Å². The summed E-state index contributed by atoms with van der Waals surface area (Å²) in [7, 11) is -3.74. The lowest BCUT2D eigenvalue weighted by molar-refractivity contribution is -0.139. The van der Waals surface area contributed by atoms with Gasteiger partial charge in [-0.05, 0) is 49.4 Å². The molecule has 2 aromatic rings. The highest BCUT2D eigenvalue weighted by Crippen LogP contribution is 2.26. The van der Waals surface area contributed by atoms with Gasteiger partial charge in [0.15, 0.2) is 0 Å². The van der Waals surface area contributed by atoms with E-state index in [2.05, 4.69) is 26.1 Å². The van der Waals surface area contributed by atoms with Crippen molar-refractivity contribution in [1.29, 1.82) is 0 Å². The van der Waals surface area contributed by atoms with Gasteiger partial charge in [0.05, 0.1) is 11.9 Å². The minimum Gasteiger partial charge on any atom is -0.355 e. The Balaban J connectivity index is 2.38. The Hall–Kier alpha value is -2.87. The van der Waals surface area contributed by atoms with E-state index >= 15 is 0 Å². The molecule has 1 atom stereocenters. The van der Waals surface area contributed by atoms with Gasteiger partial charge in [0.2, 0.25) is 21.8 Å². The highest BCUT2D eigenvalue weighted by Gasteiger charge is 2.30. The molecule has 0 aliphatic rings. The molecule has 2 rings (SSSR count). The number of hydrogen-bond donors (Lipinski definition) is 1. The molecule has 34 heavy (non-hydrogen) atoms. The van der Waals surface area contributed by atoms with Crippen LogP contribution in [0.25, 0.3) is 0 Å². The fraction of sp³-hybridized carbons (Fsp3) is 0.462. The predicted octanol–water partition coefficient (Wildman–Crippen LogP) is 3.61. The van der Waals surface area contributed by atoms with Gasteiger partial charge in [-0.2, -0.15) is 0 Å². The third kappa shape index (κ3) is 7.32. The van der Waals surface area contributed by atoms with Gasteiger partial charge in [0.25, 0.3) is 0 Å². The molecular weight excluding hydrogens is 450 g/mol. The minimum absolute atomic E-state index is 0.0861. The number of anilines is 1. The number of sulfonamides is 1. The van der Waals surface area contributed by atoms with E-state index in [0.29, 0.717) is 12.2 Å². The Bertz CT molecular complexity index is 1090. The van der Waals surface area contributed by atoms with Crippen LogP contribution in [-0.4, -0.2) is 50.5 Å². The fourth-order valence-electron chi connectivity index (χ4n) is 3.54. The topological polar surface area (TPSA) is 86.8 Å². The van der Waals surface area contributed by atoms with Crippen molar-refractivity contribution in [2.24, 2.45) is 0 Å². The smallest absolute Gasteiger partial charge is 0.244 e. The second-order valence-corrected chi connectivity index (χ2v) is 11.6. The van der Waals surface area contributed by atoms with Crippen LogP contribution >= 0.6 is 0 Å². The maximum absolute atomic E-state index is 13.5. The minimum atomic E-state index is -3.74. The van der Waals surface area contributed by atoms with Crippen molar-refractivity contribution in [3.8, 4) is 0 Å². The van der Waals surface area contributed by atoms with E-state index in [4.69, 9.17) is 0 Å². The Morgan fingerprint density at radius 3 is 2.03 bits per heavy atom. The molecule has 0 fully saturated rings. The molecule has 7 nitrogen and oxygen atoms in total. The molecule has 8 heteroatoms. The number of benzene rings is 2. The Morgan fingerprint density at radius 2 is 1.56 bits per heavy atom. The first-order valence-electron chi connectivity index (χ1n) is 11.4. The van der Waals surface area contributed by atoms with Crippen molar-refractivity contribution in [1.82, 2.24) is 10.2 Å². The maximum atomic E-state index is 13.5. The number of hydrogen-bond acceptors (Lipinski definition) is 4. The van der Waals surface area contributed by atoms with Gasteiger partial charge in [-0.15, -0.1) is 0 Å². The summed E-state index contributed by atoms with van der Waals surface area (Å²) in [6, 6.07) is 14.1. The monoisotopic (exact) mass is 487 g/mol. The molecule has 0 radical (unpaired) electrons. The summed E-state index contributed by atoms with van der Waals surface area (Å²) in [5.41, 5.74) is 3.32. The van der Waals surface area contributed by atoms with Crippen molar-refractivity contribution in [3.05, 3.63) is 65.2 Å². The van der Waals surface area contributed by atoms with E-state index in [9.17, 15) is 18.0 Å². The molecule has 0 heterocycles. The van der Waals surface area contributed by atoms with Crippen LogP contribution in [0, 0.1) is 6.92 Å². The van der Waals surface area contributed by atoms with Gasteiger partial charge in [0.1, 0.15) is 12.6 Å². The van der Waals surface area contributed by atoms with E-state index in [1.165, 1.54) is 4.90 Å². The van der Waals surface area contributed by atoms with Crippen molar-refractivity contribution in [2.45, 2.75) is 59.5 Å². The van der Waals surface area contributed by atoms with Gasteiger partial charge in [-0.3, -0.25) is 13.9 Å². The summed E-state index contributed by atoms with van der Waals surface area (Å²) in [6.45, 7) is 11.9. The average Bonchev–Trinajstić information content (AvgIpc) is 2.75. The lowest BCUT2D eigenvalue weighted by Gasteiger charge is -2.31. The summed E-state index contributed by atoms with van der Waals surface area (Å²) in [6.07, 6.45) is 1.08. The highest BCUT2D eigenvalue weighted by molar-refractivity contribution is 7.92. The molecule has 0 aromatic heterocycles. The first-order valence-corrected chi connectivity index (χ1v) is 13.3. The molecule has 0 aliphatic carbocycles. The third-order valence-corrected chi connectivity index (χ3v) is 6.83. The van der Waals surface area contributed by atoms with Crippen LogP contribution in [0.5, 0.6) is 0 Å². The Labute approximate surface area is 204 Å². The van der Waals surface area contributed by atoms with Crippen LogP contribution in [0.4, 0.5) is 5.69 Å². The molecule has 0 bridgehead atoms. The van der Waals surface area contributed by atoms with Gasteiger partial charge >= 0.3 is 0 Å². The van der Waals surface area contributed by atoms with Crippen LogP contribution in [0.1, 0.15) is 51.3 Å². The van der Waals surface area contributed by atoms with Crippen LogP contribution in [-0.2, 0) is 31.6 Å². The lowest BCUT2D eigenvalue weighted by Crippen LogP contribution is -2.51. The van der Waals surface area contributed by atoms with E-state index in [1.807, 2.05) is 50.2 Å². The van der Waals surface area contributed by atoms with Crippen LogP contribution in [0.2, 0.25) is 0 Å². The van der Waals surface area contributed by atoms with Gasteiger partial charge in [-0.25, -0.2) is 8.42 Å². The number of carbonyl (C=O) groups is 2. The number of carbonyl (C=O) groups excluding carboxylic acids is 2. The van der Waals surface area contributed by atoms with E-state index in [-0.39, 0.29) is 17.9 Å². The maximum Gasteiger partial charge on any atom is 0.244 e. The molecule has 0 saturated heterocycles. The zero-order valence-electron chi connectivity index (χ0n) is 21.3. The number of rotatable bonds is 9. The number of amides is 2. The Kier molecular flexibility index (Phi) is 8.89. The molecule has 0 aliphatic heterocycles. The van der Waals surface area contributed by atoms with Crippen molar-refractivity contribution >= 4 is 27.5 Å². The Morgan fingerprint density at radius 1 is 1.00 bits per heavy atom. The van der Waals surface area contributed by atoms with E-state index < -0.39 is 28.5 Å². The summed E-state index contributed by atoms with van der Waals surface area (Å²) in [5.74, 6) is -0.743. The SMILES string of the molecule is CCNC(=O)[C@H](C)N(Cc1ccc(C)cc1)C(=O)CN(c1ccc(C(C)(C)C)cc1)S(C)(=O)=O. The zero-order chi connectivity index (χ0) is 25.7. The molecule has 2 aromatic carbocycles. The van der Waals surface area contributed by atoms with Gasteiger partial charge in [0, 0.05) is 13.1 Å². The van der Waals surface area contributed by atoms with Crippen LogP contribution in [0.15, 0.2) is 48.5 Å². The first kappa shape index (κ1) is 27.4. The molecule has 2 amide bonds. The third-order valence-electron chi connectivity index (χ3n) is 5.69. The highest BCUT2D eigenvalue weighted by atomic mass is 32.2. The standard InChI is InChI=1S/C26H37N3O4S/c1-8-27-25(31)20(3)28(17-21-11-9-19(2)10-12-21)24(30)18-29(34(7,32)33)23-15-13-22(14-16-23)26(4,5)6/h9-16,20H,8,17-18H2,1-7H3,(H,27,31)/t20-/m0/s1. The molecular formula is C26H37N3O4S. The van der Waals surface area contributed by atoms with Gasteiger partial charge in [-0.1, -0.05) is 62.7 Å². The fourth-order valence-corrected chi connectivity index (χ4v) is 4.39. The number of nitrogens with one attached hydrogen (secondary N) is 1. The van der Waals surface area contributed by atoms with Crippen LogP contribution < -0.4 is 9.62 Å². The zero-order valence-corrected chi connectivity index (χ0v) is 22.1. The molecule has 0 unspecified atom stereocenters. The van der Waals surface area contributed by atoms with E-state index in [0.717, 1.165) is 27.3 Å². The predicted molar refractivity (Wildman–Crippen MR) is 137 cm³/mol. The van der Waals surface area contributed by atoms with Crippen LogP contribution in [0.3, 0.4) is 0 Å². The normalized spacial score (nSPS) is 12.7.